The second-order valence-electron chi connectivity index (χ2n) is 14.3. The lowest BCUT2D eigenvalue weighted by Crippen LogP contribution is -3.20. The third-order valence-electron chi connectivity index (χ3n) is 7.25. The Morgan fingerprint density at radius 1 is 0.442 bits per heavy atom. The predicted octanol–water partition coefficient (Wildman–Crippen LogP) is -1.96. The van der Waals surface area contributed by atoms with E-state index in [0.717, 1.165) is 54.4 Å². The largest absolute Gasteiger partial charge is 0.550 e. The number of quaternary nitrogens is 3. The van der Waals surface area contributed by atoms with Crippen LogP contribution in [0.3, 0.4) is 0 Å². The van der Waals surface area contributed by atoms with Gasteiger partial charge >= 0.3 is 0 Å². The first-order valence-electron chi connectivity index (χ1n) is 16.1. The van der Waals surface area contributed by atoms with Gasteiger partial charge in [0, 0.05) is 24.8 Å². The number of carbonyl (C=O) groups excluding carboxylic acids is 3. The molecule has 4 N–H and O–H groups in total. The van der Waals surface area contributed by atoms with Crippen LogP contribution in [0.4, 0.5) is 0 Å². The van der Waals surface area contributed by atoms with Crippen molar-refractivity contribution in [2.24, 2.45) is 0 Å². The van der Waals surface area contributed by atoms with Crippen LogP contribution in [-0.2, 0) is 14.4 Å². The van der Waals surface area contributed by atoms with E-state index in [1.54, 1.807) is 14.7 Å². The third kappa shape index (κ3) is 23.3. The SMILES string of the molecule is CC(C)[NH+](C(C)C)C(C)C.CC(C)[NH+](C(C)C)C(C)C.CC(C)[NH+](C(C)C)C(C)C.O=C([O-])CC(O)(CC(=O)[O-])C(=O)[O-]. The van der Waals surface area contributed by atoms with E-state index in [2.05, 4.69) is 125 Å². The summed E-state index contributed by atoms with van der Waals surface area (Å²) in [7, 11) is 0. The third-order valence-corrected chi connectivity index (χ3v) is 7.25. The van der Waals surface area contributed by atoms with E-state index in [0.29, 0.717) is 0 Å². The summed E-state index contributed by atoms with van der Waals surface area (Å²) in [5.41, 5.74) is -2.97. The Hall–Kier alpha value is -1.75. The molecule has 0 rings (SSSR count). The van der Waals surface area contributed by atoms with Gasteiger partial charge < -0.3 is 49.5 Å². The van der Waals surface area contributed by atoms with Gasteiger partial charge in [-0.05, 0) is 125 Å². The van der Waals surface area contributed by atoms with Crippen LogP contribution in [0.15, 0.2) is 0 Å². The molecule has 0 bridgehead atoms. The molecule has 0 unspecified atom stereocenters. The van der Waals surface area contributed by atoms with Crippen molar-refractivity contribution in [1.29, 1.82) is 0 Å². The molecule has 0 radical (unpaired) electrons. The molecule has 0 saturated heterocycles. The average Bonchev–Trinajstić information content (AvgIpc) is 2.70. The highest BCUT2D eigenvalue weighted by atomic mass is 16.4. The predicted molar refractivity (Wildman–Crippen MR) is 168 cm³/mol. The van der Waals surface area contributed by atoms with Gasteiger partial charge in [-0.2, -0.15) is 0 Å². The summed E-state index contributed by atoms with van der Waals surface area (Å²) < 4.78 is 0. The van der Waals surface area contributed by atoms with Gasteiger partial charge in [0.25, 0.3) is 0 Å². The van der Waals surface area contributed by atoms with Gasteiger partial charge in [0.05, 0.1) is 60.3 Å². The maximum absolute atomic E-state index is 10.1. The van der Waals surface area contributed by atoms with Gasteiger partial charge in [-0.25, -0.2) is 0 Å². The molecule has 10 heteroatoms. The van der Waals surface area contributed by atoms with Crippen LogP contribution in [0.5, 0.6) is 0 Å². The molecule has 0 aromatic carbocycles. The lowest BCUT2D eigenvalue weighted by atomic mass is 9.96. The molecule has 0 spiro atoms. The highest BCUT2D eigenvalue weighted by molar-refractivity contribution is 5.86. The summed E-state index contributed by atoms with van der Waals surface area (Å²) in [4.78, 5) is 35.1. The van der Waals surface area contributed by atoms with Crippen molar-refractivity contribution < 1.29 is 49.5 Å². The summed E-state index contributed by atoms with van der Waals surface area (Å²) in [6.45, 7) is 41.2. The average molecular weight is 622 g/mol. The molecule has 10 nitrogen and oxygen atoms in total. The smallest absolute Gasteiger partial charge is 0.114 e. The summed E-state index contributed by atoms with van der Waals surface area (Å²) >= 11 is 0. The maximum Gasteiger partial charge on any atom is 0.114 e. The van der Waals surface area contributed by atoms with Crippen molar-refractivity contribution in [1.82, 2.24) is 0 Å². The number of hydrogen-bond donors (Lipinski definition) is 4. The Balaban J connectivity index is -0.000000238. The Morgan fingerprint density at radius 2 is 0.581 bits per heavy atom. The molecule has 0 aliphatic rings. The lowest BCUT2D eigenvalue weighted by Gasteiger charge is -2.31. The molecule has 0 atom stereocenters. The summed E-state index contributed by atoms with van der Waals surface area (Å²) in [6, 6.07) is 6.75. The first kappa shape index (κ1) is 48.2. The number of rotatable bonds is 14. The first-order chi connectivity index (χ1) is 19.2. The fourth-order valence-corrected chi connectivity index (χ4v) is 6.68. The fourth-order valence-electron chi connectivity index (χ4n) is 6.68. The van der Waals surface area contributed by atoms with Crippen molar-refractivity contribution in [3.63, 3.8) is 0 Å². The molecular weight excluding hydrogens is 550 g/mol. The van der Waals surface area contributed by atoms with Crippen LogP contribution in [0.2, 0.25) is 0 Å². The monoisotopic (exact) mass is 622 g/mol. The molecule has 0 saturated carbocycles. The van der Waals surface area contributed by atoms with E-state index < -0.39 is 36.4 Å². The van der Waals surface area contributed by atoms with Gasteiger partial charge in [0.1, 0.15) is 5.60 Å². The number of aliphatic carboxylic acids is 3. The van der Waals surface area contributed by atoms with Gasteiger partial charge in [0.15, 0.2) is 0 Å². The first-order valence-corrected chi connectivity index (χ1v) is 16.1. The Kier molecular flexibility index (Phi) is 26.4. The molecular formula is C33H71N3O7. The van der Waals surface area contributed by atoms with Crippen LogP contribution in [0.1, 0.15) is 137 Å². The summed E-state index contributed by atoms with van der Waals surface area (Å²) in [5, 5.41) is 38.9. The van der Waals surface area contributed by atoms with Gasteiger partial charge in [-0.15, -0.1) is 0 Å². The molecule has 0 aromatic heterocycles. The molecule has 0 aromatic rings. The van der Waals surface area contributed by atoms with Crippen LogP contribution in [0, 0.1) is 0 Å². The van der Waals surface area contributed by atoms with E-state index in [4.69, 9.17) is 5.11 Å². The number of carboxylic acid groups (broad SMARTS) is 3. The van der Waals surface area contributed by atoms with Crippen LogP contribution in [0.25, 0.3) is 0 Å². The zero-order chi connectivity index (χ0) is 35.6. The standard InChI is InChI=1S/3C9H21N.C6H8O7/c3*1-7(2)10(8(3)4)9(5)6;7-3(8)1-6(13,5(11)12)2-4(9)10/h3*7-9H,1-6H3;13H,1-2H2,(H,7,8)(H,9,10)(H,11,12). The fraction of sp³-hybridized carbons (Fsp3) is 0.909. The van der Waals surface area contributed by atoms with Gasteiger partial charge in [-0.3, -0.25) is 0 Å². The van der Waals surface area contributed by atoms with Crippen molar-refractivity contribution in [3.8, 4) is 0 Å². The highest BCUT2D eigenvalue weighted by Gasteiger charge is 2.29. The molecule has 0 heterocycles. The zero-order valence-electron chi connectivity index (χ0n) is 31.0. The lowest BCUT2D eigenvalue weighted by molar-refractivity contribution is -0.962. The van der Waals surface area contributed by atoms with E-state index in [1.807, 2.05) is 0 Å². The molecule has 0 fully saturated rings. The Labute approximate surface area is 264 Å². The second-order valence-corrected chi connectivity index (χ2v) is 14.3. The topological polar surface area (TPSA) is 154 Å². The van der Waals surface area contributed by atoms with E-state index in [-0.39, 0.29) is 0 Å². The number of hydrogen-bond acceptors (Lipinski definition) is 7. The van der Waals surface area contributed by atoms with E-state index >= 15 is 0 Å². The quantitative estimate of drug-likeness (QED) is 0.176. The summed E-state index contributed by atoms with van der Waals surface area (Å²) in [5.74, 6) is -5.98. The van der Waals surface area contributed by atoms with Crippen LogP contribution in [-0.4, -0.2) is 83.0 Å². The molecule has 0 aliphatic heterocycles. The molecule has 260 valence electrons. The molecule has 0 aliphatic carbocycles. The minimum Gasteiger partial charge on any atom is -0.550 e. The van der Waals surface area contributed by atoms with Crippen molar-refractivity contribution >= 4 is 17.9 Å². The van der Waals surface area contributed by atoms with Crippen LogP contribution < -0.4 is 30.0 Å². The molecule has 0 amide bonds. The van der Waals surface area contributed by atoms with Crippen LogP contribution >= 0.6 is 0 Å². The van der Waals surface area contributed by atoms with E-state index in [9.17, 15) is 29.7 Å². The minimum absolute atomic E-state index is 0.750. The van der Waals surface area contributed by atoms with Crippen molar-refractivity contribution in [2.45, 2.75) is 197 Å². The summed E-state index contributed by atoms with van der Waals surface area (Å²) in [6.07, 6.45) is -2.72. The number of carbonyl (C=O) groups is 3. The molecule has 43 heavy (non-hydrogen) atoms. The number of aliphatic hydroxyl groups is 1. The Bertz CT molecular complexity index is 619. The maximum atomic E-state index is 10.1. The number of carboxylic acids is 3. The highest BCUT2D eigenvalue weighted by Crippen LogP contribution is 2.13. The number of nitrogens with one attached hydrogen (secondary N) is 3. The van der Waals surface area contributed by atoms with Crippen molar-refractivity contribution in [3.05, 3.63) is 0 Å². The Morgan fingerprint density at radius 3 is 0.628 bits per heavy atom. The zero-order valence-corrected chi connectivity index (χ0v) is 31.0. The normalized spacial score (nSPS) is 12.1. The van der Waals surface area contributed by atoms with Crippen molar-refractivity contribution in [2.75, 3.05) is 0 Å². The van der Waals surface area contributed by atoms with Gasteiger partial charge in [-0.1, -0.05) is 0 Å². The second kappa shape index (κ2) is 23.6. The minimum atomic E-state index is -2.97. The van der Waals surface area contributed by atoms with E-state index in [1.165, 1.54) is 0 Å². The van der Waals surface area contributed by atoms with Gasteiger partial charge in [0.2, 0.25) is 0 Å².